The zero-order valence-electron chi connectivity index (χ0n) is 18.0. The highest BCUT2D eigenvalue weighted by atomic mass is 32.2. The number of fused-ring (bicyclic) bond motifs is 1. The van der Waals surface area contributed by atoms with Gasteiger partial charge in [0.15, 0.2) is 9.84 Å². The molecule has 0 spiro atoms. The van der Waals surface area contributed by atoms with Crippen LogP contribution in [0.25, 0.3) is 16.6 Å². The Morgan fingerprint density at radius 3 is 2.64 bits per heavy atom. The Balaban J connectivity index is 1.73. The van der Waals surface area contributed by atoms with Gasteiger partial charge < -0.3 is 15.2 Å². The van der Waals surface area contributed by atoms with Crippen molar-refractivity contribution in [3.63, 3.8) is 0 Å². The van der Waals surface area contributed by atoms with Crippen LogP contribution < -0.4 is 10.1 Å². The summed E-state index contributed by atoms with van der Waals surface area (Å²) in [6.07, 6.45) is -0.547. The Bertz CT molecular complexity index is 1310. The minimum atomic E-state index is -3.13. The second-order valence-corrected chi connectivity index (χ2v) is 10.4. The molecular formula is C22H23F2N3O5S. The molecule has 176 valence electrons. The number of carbonyl (C=O) groups is 1. The highest BCUT2D eigenvalue weighted by Gasteiger charge is 2.45. The third kappa shape index (κ3) is 4.69. The second-order valence-electron chi connectivity index (χ2n) is 8.38. The van der Waals surface area contributed by atoms with Crippen LogP contribution in [-0.2, 0) is 9.84 Å². The van der Waals surface area contributed by atoms with Crippen LogP contribution in [0.2, 0.25) is 0 Å². The molecule has 1 unspecified atom stereocenters. The predicted molar refractivity (Wildman–Crippen MR) is 117 cm³/mol. The molecule has 11 heteroatoms. The van der Waals surface area contributed by atoms with Crippen LogP contribution in [0.5, 0.6) is 5.75 Å². The molecule has 1 aliphatic heterocycles. The fourth-order valence-electron chi connectivity index (χ4n) is 4.06. The van der Waals surface area contributed by atoms with Crippen molar-refractivity contribution in [2.45, 2.75) is 38.5 Å². The molecule has 1 aliphatic rings. The van der Waals surface area contributed by atoms with E-state index in [0.29, 0.717) is 28.7 Å². The molecule has 0 bridgehead atoms. The summed E-state index contributed by atoms with van der Waals surface area (Å²) in [5.41, 5.74) is 0.788. The summed E-state index contributed by atoms with van der Waals surface area (Å²) in [4.78, 5) is 12.8. The van der Waals surface area contributed by atoms with Crippen LogP contribution in [0.3, 0.4) is 0 Å². The molecule has 1 amide bonds. The number of carbonyl (C=O) groups excluding carboxylic acids is 1. The topological polar surface area (TPSA) is 111 Å². The van der Waals surface area contributed by atoms with Gasteiger partial charge in [0.1, 0.15) is 5.75 Å². The molecule has 1 saturated heterocycles. The molecule has 2 N–H and O–H groups in total. The lowest BCUT2D eigenvalue weighted by Gasteiger charge is -2.38. The summed E-state index contributed by atoms with van der Waals surface area (Å²) in [5.74, 6) is -0.722. The van der Waals surface area contributed by atoms with Gasteiger partial charge in [0, 0.05) is 17.0 Å². The number of rotatable bonds is 7. The first-order valence-electron chi connectivity index (χ1n) is 10.3. The molecule has 4 rings (SSSR count). The van der Waals surface area contributed by atoms with Crippen molar-refractivity contribution in [1.82, 2.24) is 15.1 Å². The van der Waals surface area contributed by atoms with Crippen molar-refractivity contribution in [2.24, 2.45) is 0 Å². The summed E-state index contributed by atoms with van der Waals surface area (Å²) in [7, 11) is -3.13. The molecule has 1 aromatic heterocycles. The quantitative estimate of drug-likeness (QED) is 0.539. The minimum absolute atomic E-state index is 0.0385. The van der Waals surface area contributed by atoms with Gasteiger partial charge in [-0.2, -0.15) is 13.9 Å². The predicted octanol–water partition coefficient (Wildman–Crippen LogP) is 2.99. The Hall–Kier alpha value is -3.05. The van der Waals surface area contributed by atoms with Gasteiger partial charge in [-0.05, 0) is 43.7 Å². The Labute approximate surface area is 189 Å². The fraction of sp³-hybridized carbons (Fsp3) is 0.364. The molecule has 1 atom stereocenters. The first-order valence-corrected chi connectivity index (χ1v) is 12.1. The monoisotopic (exact) mass is 479 g/mol. The fourth-order valence-corrected chi connectivity index (χ4v) is 6.06. The molecule has 0 aliphatic carbocycles. The van der Waals surface area contributed by atoms with Gasteiger partial charge in [0.25, 0.3) is 5.91 Å². The van der Waals surface area contributed by atoms with Gasteiger partial charge in [-0.25, -0.2) is 13.1 Å². The Kier molecular flexibility index (Phi) is 5.87. The number of sulfone groups is 1. The standard InChI is InChI=1S/C22H23F2N3O5S/c1-3-18(28)19-16-9-13(20(29)25-22(2)11-33(30,31)12-22)7-8-17(16)27(26-19)14-5-4-6-15(10-14)32-21(23)24/h4-10,18,21,28H,3,11-12H2,1-2H3,(H,25,29). The molecule has 0 radical (unpaired) electrons. The van der Waals surface area contributed by atoms with E-state index in [4.69, 9.17) is 0 Å². The maximum atomic E-state index is 12.8. The van der Waals surface area contributed by atoms with Crippen molar-refractivity contribution < 1.29 is 31.8 Å². The average Bonchev–Trinajstić information content (AvgIpc) is 3.10. The molecule has 33 heavy (non-hydrogen) atoms. The number of alkyl halides is 2. The van der Waals surface area contributed by atoms with Crippen molar-refractivity contribution >= 4 is 26.6 Å². The summed E-state index contributed by atoms with van der Waals surface area (Å²) in [5, 5.41) is 18.3. The lowest BCUT2D eigenvalue weighted by atomic mass is 10.0. The number of hydrogen-bond acceptors (Lipinski definition) is 6. The number of aromatic nitrogens is 2. The van der Waals surface area contributed by atoms with Crippen LogP contribution >= 0.6 is 0 Å². The number of aliphatic hydroxyl groups excluding tert-OH is 1. The molecule has 3 aromatic rings. The van der Waals surface area contributed by atoms with Crippen molar-refractivity contribution in [1.29, 1.82) is 0 Å². The Morgan fingerprint density at radius 1 is 1.27 bits per heavy atom. The van der Waals surface area contributed by atoms with Gasteiger partial charge in [-0.3, -0.25) is 4.79 Å². The smallest absolute Gasteiger partial charge is 0.387 e. The van der Waals surface area contributed by atoms with Gasteiger partial charge in [0.2, 0.25) is 0 Å². The molecule has 2 heterocycles. The first-order chi connectivity index (χ1) is 15.5. The SMILES string of the molecule is CCC(O)c1nn(-c2cccc(OC(F)F)c2)c2ccc(C(=O)NC3(C)CS(=O)(=O)C3)cc12. The van der Waals surface area contributed by atoms with Crippen LogP contribution in [-0.4, -0.2) is 52.9 Å². The van der Waals surface area contributed by atoms with Crippen molar-refractivity contribution in [3.8, 4) is 11.4 Å². The molecule has 0 saturated carbocycles. The number of ether oxygens (including phenoxy) is 1. The van der Waals surface area contributed by atoms with Crippen LogP contribution in [0.4, 0.5) is 8.78 Å². The zero-order chi connectivity index (χ0) is 24.0. The maximum absolute atomic E-state index is 12.8. The highest BCUT2D eigenvalue weighted by molar-refractivity contribution is 7.93. The first kappa shape index (κ1) is 23.1. The van der Waals surface area contributed by atoms with Crippen LogP contribution in [0, 0.1) is 0 Å². The van der Waals surface area contributed by atoms with E-state index in [1.807, 2.05) is 0 Å². The van der Waals surface area contributed by atoms with Crippen molar-refractivity contribution in [2.75, 3.05) is 11.5 Å². The van der Waals surface area contributed by atoms with E-state index < -0.39 is 34.0 Å². The summed E-state index contributed by atoms with van der Waals surface area (Å²) >= 11 is 0. The van der Waals surface area contributed by atoms with E-state index in [0.717, 1.165) is 0 Å². The Morgan fingerprint density at radius 2 is 2.00 bits per heavy atom. The summed E-state index contributed by atoms with van der Waals surface area (Å²) in [6, 6.07) is 10.8. The van der Waals surface area contributed by atoms with E-state index in [-0.39, 0.29) is 22.8 Å². The van der Waals surface area contributed by atoms with Crippen molar-refractivity contribution in [3.05, 3.63) is 53.7 Å². The number of halogens is 2. The third-order valence-electron chi connectivity index (χ3n) is 5.45. The van der Waals surface area contributed by atoms with Gasteiger partial charge >= 0.3 is 6.61 Å². The largest absolute Gasteiger partial charge is 0.435 e. The second kappa shape index (κ2) is 8.38. The zero-order valence-corrected chi connectivity index (χ0v) is 18.8. The maximum Gasteiger partial charge on any atom is 0.387 e. The summed E-state index contributed by atoms with van der Waals surface area (Å²) < 4.78 is 54.3. The molecule has 2 aromatic carbocycles. The van der Waals surface area contributed by atoms with E-state index in [1.165, 1.54) is 16.8 Å². The molecular weight excluding hydrogens is 456 g/mol. The normalized spacial score (nSPS) is 17.5. The van der Waals surface area contributed by atoms with E-state index >= 15 is 0 Å². The number of nitrogens with zero attached hydrogens (tertiary/aromatic N) is 2. The number of benzene rings is 2. The van der Waals surface area contributed by atoms with Crippen LogP contribution in [0.1, 0.15) is 42.4 Å². The van der Waals surface area contributed by atoms with Gasteiger partial charge in [-0.1, -0.05) is 13.0 Å². The lowest BCUT2D eigenvalue weighted by Crippen LogP contribution is -2.63. The summed E-state index contributed by atoms with van der Waals surface area (Å²) in [6.45, 7) is 0.477. The number of nitrogens with one attached hydrogen (secondary N) is 1. The number of amides is 1. The number of aliphatic hydroxyl groups is 1. The molecule has 8 nitrogen and oxygen atoms in total. The van der Waals surface area contributed by atoms with E-state index in [9.17, 15) is 27.1 Å². The lowest BCUT2D eigenvalue weighted by molar-refractivity contribution is -0.0498. The van der Waals surface area contributed by atoms with Crippen LogP contribution in [0.15, 0.2) is 42.5 Å². The van der Waals surface area contributed by atoms with Gasteiger partial charge in [-0.15, -0.1) is 0 Å². The molecule has 1 fully saturated rings. The van der Waals surface area contributed by atoms with E-state index in [1.54, 1.807) is 44.2 Å². The highest BCUT2D eigenvalue weighted by Crippen LogP contribution is 2.30. The number of hydrogen-bond donors (Lipinski definition) is 2. The third-order valence-corrected chi connectivity index (χ3v) is 7.61. The van der Waals surface area contributed by atoms with E-state index in [2.05, 4.69) is 15.2 Å². The van der Waals surface area contributed by atoms with Gasteiger partial charge in [0.05, 0.1) is 40.0 Å². The average molecular weight is 480 g/mol. The minimum Gasteiger partial charge on any atom is -0.435 e.